The number of carbonyl (C=O) groups is 5. The minimum Gasteiger partial charge on any atom is -0.481 e. The van der Waals surface area contributed by atoms with Crippen LogP contribution >= 0.6 is 15.9 Å². The van der Waals surface area contributed by atoms with Gasteiger partial charge in [-0.15, -0.1) is 0 Å². The van der Waals surface area contributed by atoms with Crippen LogP contribution in [0, 0.1) is 0 Å². The minimum absolute atomic E-state index is 0.0257. The number of esters is 1. The molecule has 1 aliphatic rings. The molecular weight excluding hydrogens is 524 g/mol. The summed E-state index contributed by atoms with van der Waals surface area (Å²) in [4.78, 5) is 61.1. The van der Waals surface area contributed by atoms with Crippen molar-refractivity contribution in [2.45, 2.75) is 77.2 Å². The molecule has 0 saturated carbocycles. The normalized spacial score (nSPS) is 14.9. The average Bonchev–Trinajstić information content (AvgIpc) is 3.01. The number of carbonyl (C=O) groups excluding carboxylic acids is 4. The zero-order valence-corrected chi connectivity index (χ0v) is 21.5. The quantitative estimate of drug-likeness (QED) is 0.277. The summed E-state index contributed by atoms with van der Waals surface area (Å²) in [7, 11) is 0. The van der Waals surface area contributed by atoms with Crippen molar-refractivity contribution >= 4 is 45.6 Å². The highest BCUT2D eigenvalue weighted by Gasteiger charge is 2.36. The zero-order chi connectivity index (χ0) is 26.5. The molecule has 192 valence electrons. The lowest BCUT2D eigenvalue weighted by atomic mass is 10.1. The molecule has 1 aromatic rings. The van der Waals surface area contributed by atoms with E-state index in [4.69, 9.17) is 21.3 Å². The summed E-state index contributed by atoms with van der Waals surface area (Å²) >= 11 is 3.45. The molecule has 0 bridgehead atoms. The molecule has 1 aromatic carbocycles. The number of carboxylic acids is 1. The first-order chi connectivity index (χ1) is 16.2. The van der Waals surface area contributed by atoms with E-state index in [9.17, 15) is 24.0 Å². The third-order valence-electron chi connectivity index (χ3n) is 5.38. The molecule has 35 heavy (non-hydrogen) atoms. The fraction of sp³-hybridized carbons (Fsp3) is 0.522. The van der Waals surface area contributed by atoms with Gasteiger partial charge in [0, 0.05) is 36.0 Å². The number of fused-ring (bicyclic) bond motifs is 1. The highest BCUT2D eigenvalue weighted by molar-refractivity contribution is 9.10. The SMILES string of the molecule is CC(C)(C)OC(=O)CC[C@H](C(N)=O)N1Cc2cc(Br)c(CN[C@@H](CCC(=O)O)C(N)=O)cc2C1=O. The van der Waals surface area contributed by atoms with E-state index in [2.05, 4.69) is 21.2 Å². The first-order valence-electron chi connectivity index (χ1n) is 11.1. The lowest BCUT2D eigenvalue weighted by Crippen LogP contribution is -2.45. The Hall–Kier alpha value is -2.99. The highest BCUT2D eigenvalue weighted by atomic mass is 79.9. The third-order valence-corrected chi connectivity index (χ3v) is 6.12. The van der Waals surface area contributed by atoms with E-state index in [0.29, 0.717) is 21.2 Å². The molecular formula is C23H31BrN4O7. The van der Waals surface area contributed by atoms with E-state index in [1.54, 1.807) is 32.9 Å². The number of nitrogens with zero attached hydrogens (tertiary/aromatic N) is 1. The number of nitrogens with one attached hydrogen (secondary N) is 1. The largest absolute Gasteiger partial charge is 0.481 e. The summed E-state index contributed by atoms with van der Waals surface area (Å²) in [5, 5.41) is 11.8. The average molecular weight is 555 g/mol. The van der Waals surface area contributed by atoms with Gasteiger partial charge in [0.1, 0.15) is 11.6 Å². The summed E-state index contributed by atoms with van der Waals surface area (Å²) < 4.78 is 5.93. The number of halogens is 1. The van der Waals surface area contributed by atoms with Crippen LogP contribution in [0.5, 0.6) is 0 Å². The maximum atomic E-state index is 13.1. The molecule has 6 N–H and O–H groups in total. The molecule has 0 aromatic heterocycles. The molecule has 2 rings (SSSR count). The molecule has 0 radical (unpaired) electrons. The molecule has 2 atom stereocenters. The maximum absolute atomic E-state index is 13.1. The van der Waals surface area contributed by atoms with Crippen molar-refractivity contribution in [3.05, 3.63) is 33.3 Å². The van der Waals surface area contributed by atoms with Gasteiger partial charge in [-0.1, -0.05) is 15.9 Å². The Balaban J connectivity index is 2.14. The Morgan fingerprint density at radius 1 is 1.14 bits per heavy atom. The van der Waals surface area contributed by atoms with Crippen molar-refractivity contribution < 1.29 is 33.8 Å². The molecule has 1 heterocycles. The van der Waals surface area contributed by atoms with Crippen LogP contribution < -0.4 is 16.8 Å². The van der Waals surface area contributed by atoms with Gasteiger partial charge in [-0.2, -0.15) is 0 Å². The number of aliphatic carboxylic acids is 1. The van der Waals surface area contributed by atoms with Gasteiger partial charge in [0.2, 0.25) is 11.8 Å². The van der Waals surface area contributed by atoms with Crippen molar-refractivity contribution in [3.63, 3.8) is 0 Å². The van der Waals surface area contributed by atoms with Crippen molar-refractivity contribution in [2.75, 3.05) is 0 Å². The summed E-state index contributed by atoms with van der Waals surface area (Å²) in [6.45, 7) is 5.49. The number of amides is 3. The van der Waals surface area contributed by atoms with Gasteiger partial charge in [-0.05, 0) is 56.9 Å². The Morgan fingerprint density at radius 3 is 2.34 bits per heavy atom. The van der Waals surface area contributed by atoms with Crippen LogP contribution in [-0.2, 0) is 37.0 Å². The molecule has 1 aliphatic heterocycles. The van der Waals surface area contributed by atoms with Gasteiger partial charge >= 0.3 is 11.9 Å². The molecule has 0 saturated heterocycles. The number of carboxylic acid groups (broad SMARTS) is 1. The van der Waals surface area contributed by atoms with Crippen molar-refractivity contribution in [1.29, 1.82) is 0 Å². The number of ether oxygens (including phenoxy) is 1. The van der Waals surface area contributed by atoms with Gasteiger partial charge in [0.05, 0.1) is 6.04 Å². The van der Waals surface area contributed by atoms with Crippen LogP contribution in [0.25, 0.3) is 0 Å². The van der Waals surface area contributed by atoms with Crippen LogP contribution in [0.15, 0.2) is 16.6 Å². The number of nitrogens with two attached hydrogens (primary N) is 2. The number of hydrogen-bond acceptors (Lipinski definition) is 7. The standard InChI is InChI=1S/C23H31BrN4O7/c1-23(2,3)35-19(31)7-5-17(21(26)33)28-11-13-9-15(24)12(8-14(13)22(28)34)10-27-16(20(25)32)4-6-18(29)30/h8-9,16-17,27H,4-7,10-11H2,1-3H3,(H2,25,32)(H2,26,33)(H,29,30)/t16-,17+/m0/s1. The van der Waals surface area contributed by atoms with Gasteiger partial charge < -0.3 is 31.5 Å². The van der Waals surface area contributed by atoms with Gasteiger partial charge in [-0.3, -0.25) is 24.0 Å². The molecule has 0 spiro atoms. The van der Waals surface area contributed by atoms with Crippen LogP contribution in [0.1, 0.15) is 67.9 Å². The highest BCUT2D eigenvalue weighted by Crippen LogP contribution is 2.31. The number of primary amides is 2. The van der Waals surface area contributed by atoms with Crippen LogP contribution in [-0.4, -0.2) is 57.4 Å². The van der Waals surface area contributed by atoms with Crippen molar-refractivity contribution in [2.24, 2.45) is 11.5 Å². The summed E-state index contributed by atoms with van der Waals surface area (Å²) in [6.07, 6.45) is -0.243. The molecule has 11 nitrogen and oxygen atoms in total. The molecule has 3 amide bonds. The third kappa shape index (κ3) is 8.03. The van der Waals surface area contributed by atoms with Crippen molar-refractivity contribution in [3.8, 4) is 0 Å². The molecule has 0 fully saturated rings. The number of hydrogen-bond donors (Lipinski definition) is 4. The zero-order valence-electron chi connectivity index (χ0n) is 19.9. The fourth-order valence-electron chi connectivity index (χ4n) is 3.73. The van der Waals surface area contributed by atoms with E-state index >= 15 is 0 Å². The first kappa shape index (κ1) is 28.2. The topological polar surface area (TPSA) is 182 Å². The number of rotatable bonds is 12. The predicted molar refractivity (Wildman–Crippen MR) is 129 cm³/mol. The van der Waals surface area contributed by atoms with E-state index in [0.717, 1.165) is 0 Å². The second kappa shape index (κ2) is 11.6. The fourth-order valence-corrected chi connectivity index (χ4v) is 4.26. The Labute approximate surface area is 211 Å². The van der Waals surface area contributed by atoms with Crippen LogP contribution in [0.4, 0.5) is 0 Å². The van der Waals surface area contributed by atoms with Crippen LogP contribution in [0.2, 0.25) is 0 Å². The van der Waals surface area contributed by atoms with E-state index < -0.39 is 47.3 Å². The van der Waals surface area contributed by atoms with Gasteiger partial charge in [0.25, 0.3) is 5.91 Å². The minimum atomic E-state index is -1.04. The Morgan fingerprint density at radius 2 is 1.80 bits per heavy atom. The Bertz CT molecular complexity index is 1020. The second-order valence-corrected chi connectivity index (χ2v) is 10.2. The monoisotopic (exact) mass is 554 g/mol. The molecule has 12 heteroatoms. The van der Waals surface area contributed by atoms with Crippen LogP contribution in [0.3, 0.4) is 0 Å². The van der Waals surface area contributed by atoms with E-state index in [1.165, 1.54) is 4.90 Å². The lowest BCUT2D eigenvalue weighted by Gasteiger charge is -2.25. The predicted octanol–water partition coefficient (Wildman–Crippen LogP) is 1.19. The lowest BCUT2D eigenvalue weighted by molar-refractivity contribution is -0.155. The first-order valence-corrected chi connectivity index (χ1v) is 11.9. The Kier molecular flexibility index (Phi) is 9.38. The molecule has 0 unspecified atom stereocenters. The molecule has 0 aliphatic carbocycles. The van der Waals surface area contributed by atoms with Gasteiger partial charge in [0.15, 0.2) is 0 Å². The second-order valence-electron chi connectivity index (χ2n) is 9.35. The van der Waals surface area contributed by atoms with Gasteiger partial charge in [-0.25, -0.2) is 0 Å². The summed E-state index contributed by atoms with van der Waals surface area (Å²) in [6, 6.07) is 1.53. The van der Waals surface area contributed by atoms with Crippen molar-refractivity contribution in [1.82, 2.24) is 10.2 Å². The number of benzene rings is 1. The summed E-state index contributed by atoms with van der Waals surface area (Å²) in [5.41, 5.74) is 11.9. The van der Waals surface area contributed by atoms with E-state index in [-0.39, 0.29) is 38.8 Å². The smallest absolute Gasteiger partial charge is 0.306 e. The van der Waals surface area contributed by atoms with E-state index in [1.807, 2.05) is 0 Å². The maximum Gasteiger partial charge on any atom is 0.306 e. The summed E-state index contributed by atoms with van der Waals surface area (Å²) in [5.74, 6) is -3.34.